The lowest BCUT2D eigenvalue weighted by atomic mass is 9.89. The Kier molecular flexibility index (Phi) is 16.9. The van der Waals surface area contributed by atoms with Gasteiger partial charge in [0.25, 0.3) is 11.8 Å². The van der Waals surface area contributed by atoms with Crippen molar-refractivity contribution in [2.24, 2.45) is 17.6 Å². The van der Waals surface area contributed by atoms with Crippen molar-refractivity contribution in [3.05, 3.63) is 94.0 Å². The third-order valence-electron chi connectivity index (χ3n) is 9.19. The van der Waals surface area contributed by atoms with E-state index >= 15 is 0 Å². The summed E-state index contributed by atoms with van der Waals surface area (Å²) in [4.78, 5) is 75.9. The quantitative estimate of drug-likeness (QED) is 0.0602. The van der Waals surface area contributed by atoms with E-state index in [2.05, 4.69) is 16.0 Å². The number of hydrogen-bond donors (Lipinski definition) is 4. The van der Waals surface area contributed by atoms with Crippen LogP contribution in [0.15, 0.2) is 72.8 Å². The number of ether oxygens (including phenoxy) is 2. The first kappa shape index (κ1) is 44.3. The molecule has 0 spiro atoms. The highest BCUT2D eigenvalue weighted by Crippen LogP contribution is 2.37. The second-order valence-electron chi connectivity index (χ2n) is 14.2. The molecule has 0 radical (unpaired) electrons. The molecule has 0 aliphatic carbocycles. The van der Waals surface area contributed by atoms with Crippen LogP contribution >= 0.6 is 23.2 Å². The first-order valence-electron chi connectivity index (χ1n) is 18.8. The van der Waals surface area contributed by atoms with Crippen LogP contribution in [0.4, 0.5) is 10.5 Å². The van der Waals surface area contributed by atoms with Gasteiger partial charge in [-0.05, 0) is 86.1 Å². The van der Waals surface area contributed by atoms with Crippen LogP contribution < -0.4 is 31.2 Å². The molecular weight excluding hydrogens is 773 g/mol. The summed E-state index contributed by atoms with van der Waals surface area (Å²) in [5.74, 6) is -1.36. The van der Waals surface area contributed by atoms with Gasteiger partial charge in [0.05, 0.1) is 11.1 Å². The van der Waals surface area contributed by atoms with Crippen molar-refractivity contribution in [1.29, 1.82) is 0 Å². The standard InChI is InChI=1S/C42H49Cl2N5O8/c1-26(2)40(48-37(51)9-5-4-6-21-49-38(52)18-19-39(49)53)33(50)23-29(8-7-20-46-42(45)55)41(54)47-31-14-11-28(12-15-31)25-56-36-24-30(43)13-17-35(36)57-34-16-10-27(3)22-32(34)44/h10-19,22,24,26,29,40H,4-9,20-21,23,25H2,1-3H3,(H,47,54)(H,48,51)(H3,45,46,55)/t29-,40+/m1/s1. The number of hydrogen-bond acceptors (Lipinski definition) is 8. The second-order valence-corrected chi connectivity index (χ2v) is 15.0. The van der Waals surface area contributed by atoms with Crippen molar-refractivity contribution >= 4 is 64.3 Å². The highest BCUT2D eigenvalue weighted by atomic mass is 35.5. The molecule has 15 heteroatoms. The number of Topliss-reactive ketones (excluding diaryl/α,β-unsaturated/α-hetero) is 1. The molecule has 6 amide bonds. The molecule has 0 fully saturated rings. The molecule has 2 atom stereocenters. The Balaban J connectivity index is 1.33. The van der Waals surface area contributed by atoms with E-state index in [9.17, 15) is 28.8 Å². The van der Waals surface area contributed by atoms with E-state index in [-0.39, 0.29) is 74.3 Å². The van der Waals surface area contributed by atoms with Crippen LogP contribution in [-0.4, -0.2) is 59.5 Å². The largest absolute Gasteiger partial charge is 0.485 e. The van der Waals surface area contributed by atoms with Crippen molar-refractivity contribution in [3.8, 4) is 17.2 Å². The summed E-state index contributed by atoms with van der Waals surface area (Å²) in [6, 6.07) is 16.0. The lowest BCUT2D eigenvalue weighted by molar-refractivity contribution is -0.137. The van der Waals surface area contributed by atoms with Crippen molar-refractivity contribution in [2.75, 3.05) is 18.4 Å². The monoisotopic (exact) mass is 821 g/mol. The maximum Gasteiger partial charge on any atom is 0.312 e. The van der Waals surface area contributed by atoms with E-state index in [1.54, 1.807) is 54.6 Å². The summed E-state index contributed by atoms with van der Waals surface area (Å²) in [5, 5.41) is 9.16. The Morgan fingerprint density at radius 1 is 0.842 bits per heavy atom. The number of aryl methyl sites for hydroxylation is 1. The highest BCUT2D eigenvalue weighted by molar-refractivity contribution is 6.32. The smallest absolute Gasteiger partial charge is 0.312 e. The molecule has 1 aliphatic heterocycles. The molecule has 3 aromatic carbocycles. The van der Waals surface area contributed by atoms with E-state index < -0.39 is 18.0 Å². The number of urea groups is 1. The maximum atomic E-state index is 13.6. The molecular formula is C42H49Cl2N5O8. The molecule has 0 aromatic heterocycles. The van der Waals surface area contributed by atoms with E-state index in [1.165, 1.54) is 12.2 Å². The Hall–Kier alpha value is -5.40. The van der Waals surface area contributed by atoms with E-state index in [4.69, 9.17) is 38.4 Å². The molecule has 0 bridgehead atoms. The number of amides is 6. The van der Waals surface area contributed by atoms with Gasteiger partial charge in [0.2, 0.25) is 11.8 Å². The summed E-state index contributed by atoms with van der Waals surface area (Å²) in [6.07, 6.45) is 4.84. The zero-order valence-electron chi connectivity index (χ0n) is 32.3. The Labute approximate surface area is 342 Å². The Morgan fingerprint density at radius 3 is 2.21 bits per heavy atom. The number of carbonyl (C=O) groups is 6. The van der Waals surface area contributed by atoms with E-state index in [0.717, 1.165) is 16.0 Å². The summed E-state index contributed by atoms with van der Waals surface area (Å²) in [5.41, 5.74) is 7.49. The van der Waals surface area contributed by atoms with Gasteiger partial charge in [0.1, 0.15) is 12.4 Å². The number of halogens is 2. The number of nitrogens with two attached hydrogens (primary N) is 1. The maximum absolute atomic E-state index is 13.6. The number of ketones is 1. The number of anilines is 1. The second kappa shape index (κ2) is 21.8. The van der Waals surface area contributed by atoms with Crippen molar-refractivity contribution in [1.82, 2.24) is 15.5 Å². The van der Waals surface area contributed by atoms with Gasteiger partial charge >= 0.3 is 6.03 Å². The van der Waals surface area contributed by atoms with Crippen molar-refractivity contribution in [3.63, 3.8) is 0 Å². The Bertz CT molecular complexity index is 1930. The van der Waals surface area contributed by atoms with Crippen molar-refractivity contribution in [2.45, 2.75) is 78.4 Å². The fraction of sp³-hybridized carbons (Fsp3) is 0.381. The average Bonchev–Trinajstić information content (AvgIpc) is 3.48. The van der Waals surface area contributed by atoms with Gasteiger partial charge in [0, 0.05) is 60.8 Å². The minimum Gasteiger partial charge on any atom is -0.485 e. The molecule has 304 valence electrons. The number of unbranched alkanes of at least 4 members (excludes halogenated alkanes) is 2. The van der Waals surface area contributed by atoms with Crippen LogP contribution in [0.5, 0.6) is 17.2 Å². The lowest BCUT2D eigenvalue weighted by Crippen LogP contribution is -2.45. The Morgan fingerprint density at radius 2 is 1.54 bits per heavy atom. The molecule has 4 rings (SSSR count). The third-order valence-corrected chi connectivity index (χ3v) is 9.72. The van der Waals surface area contributed by atoms with Gasteiger partial charge in [-0.25, -0.2) is 4.79 Å². The molecule has 1 heterocycles. The van der Waals surface area contributed by atoms with Gasteiger partial charge < -0.3 is 31.2 Å². The fourth-order valence-corrected chi connectivity index (χ4v) is 6.52. The summed E-state index contributed by atoms with van der Waals surface area (Å²) >= 11 is 12.6. The number of rotatable bonds is 22. The number of carbonyl (C=O) groups excluding carboxylic acids is 6. The topological polar surface area (TPSA) is 186 Å². The predicted octanol–water partition coefficient (Wildman–Crippen LogP) is 7.26. The van der Waals surface area contributed by atoms with Gasteiger partial charge in [-0.15, -0.1) is 0 Å². The number of imide groups is 1. The zero-order chi connectivity index (χ0) is 41.5. The first-order chi connectivity index (χ1) is 27.2. The number of benzene rings is 3. The fourth-order valence-electron chi connectivity index (χ4n) is 6.08. The van der Waals surface area contributed by atoms with E-state index in [1.807, 2.05) is 26.8 Å². The first-order valence-corrected chi connectivity index (χ1v) is 19.6. The van der Waals surface area contributed by atoms with Crippen LogP contribution in [0.2, 0.25) is 10.0 Å². The normalized spacial score (nSPS) is 13.3. The molecule has 0 saturated carbocycles. The van der Waals surface area contributed by atoms with Crippen LogP contribution in [0.25, 0.3) is 0 Å². The summed E-state index contributed by atoms with van der Waals surface area (Å²) in [7, 11) is 0. The minimum atomic E-state index is -0.818. The van der Waals surface area contributed by atoms with Crippen LogP contribution in [0, 0.1) is 18.8 Å². The number of primary amides is 1. The molecule has 5 N–H and O–H groups in total. The van der Waals surface area contributed by atoms with Gasteiger partial charge in [-0.2, -0.15) is 0 Å². The van der Waals surface area contributed by atoms with Crippen LogP contribution in [-0.2, 0) is 30.6 Å². The van der Waals surface area contributed by atoms with E-state index in [0.29, 0.717) is 58.7 Å². The van der Waals surface area contributed by atoms with Gasteiger partial charge in [-0.3, -0.25) is 28.9 Å². The molecule has 1 aliphatic rings. The highest BCUT2D eigenvalue weighted by Gasteiger charge is 2.29. The molecule has 13 nitrogen and oxygen atoms in total. The summed E-state index contributed by atoms with van der Waals surface area (Å²) in [6.45, 7) is 6.23. The van der Waals surface area contributed by atoms with Crippen LogP contribution in [0.1, 0.15) is 69.9 Å². The average molecular weight is 823 g/mol. The molecule has 3 aromatic rings. The molecule has 0 unspecified atom stereocenters. The molecule has 57 heavy (non-hydrogen) atoms. The molecule has 0 saturated heterocycles. The lowest BCUT2D eigenvalue weighted by Gasteiger charge is -2.24. The third kappa shape index (κ3) is 14.2. The number of nitrogens with one attached hydrogen (secondary N) is 3. The summed E-state index contributed by atoms with van der Waals surface area (Å²) < 4.78 is 12.1. The van der Waals surface area contributed by atoms with Crippen LogP contribution in [0.3, 0.4) is 0 Å². The minimum absolute atomic E-state index is 0.138. The van der Waals surface area contributed by atoms with Crippen molar-refractivity contribution < 1.29 is 38.2 Å². The van der Waals surface area contributed by atoms with Gasteiger partial charge in [0.15, 0.2) is 17.3 Å². The van der Waals surface area contributed by atoms with Gasteiger partial charge in [-0.1, -0.05) is 61.7 Å². The number of nitrogens with zero attached hydrogens (tertiary/aromatic N) is 1. The predicted molar refractivity (Wildman–Crippen MR) is 218 cm³/mol. The zero-order valence-corrected chi connectivity index (χ0v) is 33.8. The SMILES string of the molecule is Cc1ccc(Oc2ccc(Cl)cc2OCc2ccc(NC(=O)[C@H](CCCNC(N)=O)CC(=O)[C@@H](NC(=O)CCCCCN3C(=O)C=CC3=O)C(C)C)cc2)c(Cl)c1.